The molecule has 0 bridgehead atoms. The first kappa shape index (κ1) is 21.9. The number of nitrogen functional groups attached to an aromatic ring is 1. The summed E-state index contributed by atoms with van der Waals surface area (Å²) in [6.07, 6.45) is 5.15. The van der Waals surface area contributed by atoms with E-state index in [2.05, 4.69) is 43.9 Å². The van der Waals surface area contributed by atoms with Crippen LogP contribution in [0.25, 0.3) is 5.65 Å². The van der Waals surface area contributed by atoms with Crippen molar-refractivity contribution in [1.82, 2.24) is 19.5 Å². The average Bonchev–Trinajstić information content (AvgIpc) is 3.16. The summed E-state index contributed by atoms with van der Waals surface area (Å²) in [5.74, 6) is 0.829. The first-order valence-electron chi connectivity index (χ1n) is 10.2. The van der Waals surface area contributed by atoms with Crippen LogP contribution in [0.2, 0.25) is 0 Å². The molecule has 0 spiro atoms. The SMILES string of the molecule is CCc1ccccc1N=CCc1cnn2c(N)c(Br)c(CN3CCS(=O)(=O)CC3)nc12. The molecule has 0 unspecified atom stereocenters. The van der Waals surface area contributed by atoms with Crippen LogP contribution in [0.15, 0.2) is 39.9 Å². The standard InChI is InChI=1S/C21H25BrN6O2S/c1-2-15-5-3-4-6-17(15)24-8-7-16-13-25-28-20(23)19(22)18(26-21(16)28)14-27-9-11-31(29,30)12-10-27/h3-6,8,13H,2,7,9-12,14,23H2,1H3. The van der Waals surface area contributed by atoms with Gasteiger partial charge in [0.2, 0.25) is 0 Å². The zero-order valence-corrected chi connectivity index (χ0v) is 19.7. The molecule has 3 aromatic rings. The number of sulfone groups is 1. The normalized spacial score (nSPS) is 17.0. The van der Waals surface area contributed by atoms with E-state index >= 15 is 0 Å². The quantitative estimate of drug-likeness (QED) is 0.517. The topological polar surface area (TPSA) is 106 Å². The second-order valence-electron chi connectivity index (χ2n) is 7.59. The lowest BCUT2D eigenvalue weighted by Gasteiger charge is -2.26. The number of rotatable bonds is 6. The van der Waals surface area contributed by atoms with Crippen molar-refractivity contribution >= 4 is 49.1 Å². The predicted octanol–water partition coefficient (Wildman–Crippen LogP) is 2.81. The first-order valence-corrected chi connectivity index (χ1v) is 12.8. The van der Waals surface area contributed by atoms with Crippen molar-refractivity contribution in [3.05, 3.63) is 51.8 Å². The van der Waals surface area contributed by atoms with Crippen LogP contribution in [0, 0.1) is 0 Å². The number of hydrogen-bond acceptors (Lipinski definition) is 7. The number of benzene rings is 1. The summed E-state index contributed by atoms with van der Waals surface area (Å²) in [5.41, 5.74) is 10.9. The number of aliphatic imine (C=N–C) groups is 1. The van der Waals surface area contributed by atoms with Gasteiger partial charge in [0.15, 0.2) is 15.5 Å². The van der Waals surface area contributed by atoms with Gasteiger partial charge in [0.1, 0.15) is 5.82 Å². The molecule has 1 aliphatic rings. The van der Waals surface area contributed by atoms with Gasteiger partial charge in [-0.15, -0.1) is 0 Å². The van der Waals surface area contributed by atoms with Crippen molar-refractivity contribution in [2.45, 2.75) is 26.3 Å². The van der Waals surface area contributed by atoms with E-state index in [-0.39, 0.29) is 11.5 Å². The van der Waals surface area contributed by atoms with Gasteiger partial charge < -0.3 is 5.73 Å². The van der Waals surface area contributed by atoms with E-state index in [0.717, 1.165) is 23.4 Å². The number of anilines is 1. The van der Waals surface area contributed by atoms with Crippen molar-refractivity contribution < 1.29 is 8.42 Å². The van der Waals surface area contributed by atoms with Gasteiger partial charge in [-0.2, -0.15) is 9.61 Å². The molecule has 2 N–H and O–H groups in total. The van der Waals surface area contributed by atoms with Crippen LogP contribution in [0.3, 0.4) is 0 Å². The van der Waals surface area contributed by atoms with Gasteiger partial charge in [0.25, 0.3) is 0 Å². The van der Waals surface area contributed by atoms with Crippen molar-refractivity contribution in [3.8, 4) is 0 Å². The Morgan fingerprint density at radius 2 is 1.97 bits per heavy atom. The largest absolute Gasteiger partial charge is 0.383 e. The molecule has 2 aromatic heterocycles. The number of halogens is 1. The molecule has 3 heterocycles. The number of hydrogen-bond donors (Lipinski definition) is 1. The van der Waals surface area contributed by atoms with Crippen LogP contribution in [-0.2, 0) is 29.2 Å². The fourth-order valence-corrected chi connectivity index (χ4v) is 5.29. The van der Waals surface area contributed by atoms with Gasteiger partial charge in [0, 0.05) is 37.8 Å². The predicted molar refractivity (Wildman–Crippen MR) is 127 cm³/mol. The highest BCUT2D eigenvalue weighted by molar-refractivity contribution is 9.10. The summed E-state index contributed by atoms with van der Waals surface area (Å²) in [6, 6.07) is 8.10. The average molecular weight is 505 g/mol. The molecule has 0 radical (unpaired) electrons. The Hall–Kier alpha value is -2.30. The number of para-hydroxylation sites is 1. The molecule has 1 aliphatic heterocycles. The molecule has 10 heteroatoms. The zero-order chi connectivity index (χ0) is 22.0. The Labute approximate surface area is 190 Å². The summed E-state index contributed by atoms with van der Waals surface area (Å²) in [5, 5.41) is 4.39. The molecule has 1 fully saturated rings. The summed E-state index contributed by atoms with van der Waals surface area (Å²) in [4.78, 5) is 11.5. The minimum atomic E-state index is -2.92. The molecule has 0 aliphatic carbocycles. The number of aromatic nitrogens is 3. The van der Waals surface area contributed by atoms with Crippen LogP contribution < -0.4 is 5.73 Å². The molecule has 1 aromatic carbocycles. The summed E-state index contributed by atoms with van der Waals surface area (Å²) in [6.45, 7) is 3.64. The third kappa shape index (κ3) is 4.81. The van der Waals surface area contributed by atoms with Gasteiger partial charge in [-0.05, 0) is 34.0 Å². The Morgan fingerprint density at radius 3 is 2.71 bits per heavy atom. The van der Waals surface area contributed by atoms with Crippen LogP contribution in [0.4, 0.5) is 11.5 Å². The van der Waals surface area contributed by atoms with E-state index < -0.39 is 9.84 Å². The molecule has 0 amide bonds. The Morgan fingerprint density at radius 1 is 1.23 bits per heavy atom. The third-order valence-corrected chi connectivity index (χ3v) is 7.96. The highest BCUT2D eigenvalue weighted by atomic mass is 79.9. The van der Waals surface area contributed by atoms with Crippen LogP contribution >= 0.6 is 15.9 Å². The minimum Gasteiger partial charge on any atom is -0.383 e. The van der Waals surface area contributed by atoms with Gasteiger partial charge in [0.05, 0.1) is 33.6 Å². The molecule has 31 heavy (non-hydrogen) atoms. The van der Waals surface area contributed by atoms with E-state index in [1.165, 1.54) is 5.56 Å². The molecule has 164 valence electrons. The summed E-state index contributed by atoms with van der Waals surface area (Å²) < 4.78 is 25.7. The maximum absolute atomic E-state index is 11.7. The van der Waals surface area contributed by atoms with Gasteiger partial charge in [-0.25, -0.2) is 13.4 Å². The zero-order valence-electron chi connectivity index (χ0n) is 17.3. The summed E-state index contributed by atoms with van der Waals surface area (Å²) in [7, 11) is -2.92. The second-order valence-corrected chi connectivity index (χ2v) is 10.7. The third-order valence-electron chi connectivity index (χ3n) is 5.49. The van der Waals surface area contributed by atoms with E-state index in [1.54, 1.807) is 10.7 Å². The highest BCUT2D eigenvalue weighted by Gasteiger charge is 2.23. The lowest BCUT2D eigenvalue weighted by atomic mass is 10.1. The van der Waals surface area contributed by atoms with Crippen LogP contribution in [0.1, 0.15) is 23.7 Å². The fraction of sp³-hybridized carbons (Fsp3) is 0.381. The van der Waals surface area contributed by atoms with E-state index in [1.807, 2.05) is 24.4 Å². The van der Waals surface area contributed by atoms with Gasteiger partial charge in [-0.3, -0.25) is 9.89 Å². The maximum atomic E-state index is 11.7. The smallest absolute Gasteiger partial charge is 0.161 e. The molecule has 4 rings (SSSR count). The molecular formula is C21H25BrN6O2S. The van der Waals surface area contributed by atoms with Crippen molar-refractivity contribution in [2.75, 3.05) is 30.3 Å². The Balaban J connectivity index is 1.57. The minimum absolute atomic E-state index is 0.177. The van der Waals surface area contributed by atoms with E-state index in [0.29, 0.717) is 42.0 Å². The van der Waals surface area contributed by atoms with Crippen LogP contribution in [0.5, 0.6) is 0 Å². The van der Waals surface area contributed by atoms with Crippen molar-refractivity contribution in [2.24, 2.45) is 4.99 Å². The maximum Gasteiger partial charge on any atom is 0.161 e. The van der Waals surface area contributed by atoms with Crippen LogP contribution in [-0.4, -0.2) is 58.7 Å². The molecule has 0 saturated carbocycles. The Kier molecular flexibility index (Phi) is 6.40. The number of aryl methyl sites for hydroxylation is 1. The lowest BCUT2D eigenvalue weighted by molar-refractivity contribution is 0.284. The number of nitrogens with zero attached hydrogens (tertiary/aromatic N) is 5. The second kappa shape index (κ2) is 9.05. The molecule has 8 nitrogen and oxygen atoms in total. The lowest BCUT2D eigenvalue weighted by Crippen LogP contribution is -2.40. The van der Waals surface area contributed by atoms with Gasteiger partial charge in [-0.1, -0.05) is 25.1 Å². The highest BCUT2D eigenvalue weighted by Crippen LogP contribution is 2.27. The fourth-order valence-electron chi connectivity index (χ4n) is 3.64. The first-order chi connectivity index (χ1) is 14.9. The molecular weight excluding hydrogens is 480 g/mol. The number of fused-ring (bicyclic) bond motifs is 1. The number of nitrogens with two attached hydrogens (primary N) is 1. The summed E-state index contributed by atoms with van der Waals surface area (Å²) >= 11 is 3.54. The monoisotopic (exact) mass is 504 g/mol. The molecule has 0 atom stereocenters. The van der Waals surface area contributed by atoms with Crippen molar-refractivity contribution in [3.63, 3.8) is 0 Å². The van der Waals surface area contributed by atoms with Gasteiger partial charge >= 0.3 is 0 Å². The Bertz CT molecular complexity index is 1220. The van der Waals surface area contributed by atoms with Crippen molar-refractivity contribution in [1.29, 1.82) is 0 Å². The van der Waals surface area contributed by atoms with E-state index in [9.17, 15) is 8.42 Å². The molecule has 1 saturated heterocycles. The van der Waals surface area contributed by atoms with E-state index in [4.69, 9.17) is 10.7 Å².